The normalized spacial score (nSPS) is 16.8. The summed E-state index contributed by atoms with van der Waals surface area (Å²) in [7, 11) is 1.39. The Kier molecular flexibility index (Phi) is 4.42. The van der Waals surface area contributed by atoms with E-state index in [1.54, 1.807) is 11.2 Å². The molecule has 1 aromatic heterocycles. The monoisotopic (exact) mass is 327 g/mol. The van der Waals surface area contributed by atoms with E-state index in [9.17, 15) is 9.59 Å². The highest BCUT2D eigenvalue weighted by atomic mass is 16.5. The van der Waals surface area contributed by atoms with Gasteiger partial charge in [-0.1, -0.05) is 32.0 Å². The summed E-state index contributed by atoms with van der Waals surface area (Å²) in [5.74, 6) is -0.201. The highest BCUT2D eigenvalue weighted by Crippen LogP contribution is 2.37. The molecule has 0 spiro atoms. The van der Waals surface area contributed by atoms with E-state index in [0.29, 0.717) is 18.7 Å². The molecule has 24 heavy (non-hydrogen) atoms. The zero-order valence-electron chi connectivity index (χ0n) is 14.1. The maximum Gasteiger partial charge on any atom is 0.313 e. The van der Waals surface area contributed by atoms with E-state index in [-0.39, 0.29) is 23.7 Å². The molecule has 2 aromatic rings. The second kappa shape index (κ2) is 6.51. The van der Waals surface area contributed by atoms with Crippen molar-refractivity contribution in [2.45, 2.75) is 32.1 Å². The SMILES string of the molecule is COC(=O)C1CCN(C(=O)c2occc2C(C)C)c2ccccc21. The number of rotatable bonds is 3. The molecule has 1 aliphatic rings. The van der Waals surface area contributed by atoms with Crippen LogP contribution in [0.25, 0.3) is 0 Å². The Balaban J connectivity index is 1.99. The number of hydrogen-bond donors (Lipinski definition) is 0. The van der Waals surface area contributed by atoms with Gasteiger partial charge in [-0.25, -0.2) is 0 Å². The van der Waals surface area contributed by atoms with Gasteiger partial charge >= 0.3 is 5.97 Å². The smallest absolute Gasteiger partial charge is 0.313 e. The number of carbonyl (C=O) groups is 2. The Hall–Kier alpha value is -2.56. The Bertz CT molecular complexity index is 762. The summed E-state index contributed by atoms with van der Waals surface area (Å²) in [6.07, 6.45) is 2.09. The first-order valence-corrected chi connectivity index (χ1v) is 8.10. The number of amides is 1. The van der Waals surface area contributed by atoms with E-state index in [1.807, 2.05) is 44.2 Å². The number of nitrogens with zero attached hydrogens (tertiary/aromatic N) is 1. The molecule has 1 aromatic carbocycles. The van der Waals surface area contributed by atoms with Gasteiger partial charge in [0.25, 0.3) is 5.91 Å². The summed E-state index contributed by atoms with van der Waals surface area (Å²) < 4.78 is 10.4. The quantitative estimate of drug-likeness (QED) is 0.806. The Morgan fingerprint density at radius 1 is 1.25 bits per heavy atom. The number of para-hydroxylation sites is 1. The van der Waals surface area contributed by atoms with Crippen LogP contribution in [-0.2, 0) is 9.53 Å². The van der Waals surface area contributed by atoms with Crippen molar-refractivity contribution in [3.8, 4) is 0 Å². The number of anilines is 1. The van der Waals surface area contributed by atoms with E-state index in [0.717, 1.165) is 16.8 Å². The molecular formula is C19H21NO4. The molecule has 5 heteroatoms. The average molecular weight is 327 g/mol. The van der Waals surface area contributed by atoms with Crippen molar-refractivity contribution in [1.29, 1.82) is 0 Å². The van der Waals surface area contributed by atoms with Crippen LogP contribution in [0.4, 0.5) is 5.69 Å². The topological polar surface area (TPSA) is 59.8 Å². The van der Waals surface area contributed by atoms with Crippen LogP contribution in [0.15, 0.2) is 41.0 Å². The van der Waals surface area contributed by atoms with Crippen molar-refractivity contribution >= 4 is 17.6 Å². The summed E-state index contributed by atoms with van der Waals surface area (Å²) in [5.41, 5.74) is 2.46. The lowest BCUT2D eigenvalue weighted by Crippen LogP contribution is -2.38. The van der Waals surface area contributed by atoms with Gasteiger partial charge in [0, 0.05) is 17.8 Å². The van der Waals surface area contributed by atoms with Crippen LogP contribution in [0.1, 0.15) is 53.8 Å². The lowest BCUT2D eigenvalue weighted by Gasteiger charge is -2.32. The molecule has 0 aliphatic carbocycles. The molecule has 1 amide bonds. The van der Waals surface area contributed by atoms with Crippen molar-refractivity contribution in [3.05, 3.63) is 53.5 Å². The first-order valence-electron chi connectivity index (χ1n) is 8.10. The van der Waals surface area contributed by atoms with Gasteiger partial charge in [0.2, 0.25) is 0 Å². The number of esters is 1. The van der Waals surface area contributed by atoms with E-state index < -0.39 is 0 Å². The van der Waals surface area contributed by atoms with Gasteiger partial charge in [0.15, 0.2) is 5.76 Å². The third-order valence-corrected chi connectivity index (χ3v) is 4.49. The van der Waals surface area contributed by atoms with Crippen LogP contribution >= 0.6 is 0 Å². The summed E-state index contributed by atoms with van der Waals surface area (Å²) in [4.78, 5) is 26.7. The lowest BCUT2D eigenvalue weighted by molar-refractivity contribution is -0.142. The van der Waals surface area contributed by atoms with Gasteiger partial charge in [-0.3, -0.25) is 9.59 Å². The number of furan rings is 1. The fraction of sp³-hybridized carbons (Fsp3) is 0.368. The first-order chi connectivity index (χ1) is 11.5. The minimum absolute atomic E-state index is 0.167. The molecule has 5 nitrogen and oxygen atoms in total. The second-order valence-corrected chi connectivity index (χ2v) is 6.24. The molecule has 0 N–H and O–H groups in total. The summed E-state index contributed by atoms with van der Waals surface area (Å²) in [5, 5.41) is 0. The first kappa shape index (κ1) is 16.3. The number of hydrogen-bond acceptors (Lipinski definition) is 4. The lowest BCUT2D eigenvalue weighted by atomic mass is 9.89. The number of ether oxygens (including phenoxy) is 1. The minimum atomic E-state index is -0.337. The predicted molar refractivity (Wildman–Crippen MR) is 90.3 cm³/mol. The molecule has 0 radical (unpaired) electrons. The van der Waals surface area contributed by atoms with Crippen LogP contribution in [0.5, 0.6) is 0 Å². The minimum Gasteiger partial charge on any atom is -0.469 e. The Labute approximate surface area is 141 Å². The molecule has 0 saturated heterocycles. The number of benzene rings is 1. The van der Waals surface area contributed by atoms with Gasteiger partial charge in [0.05, 0.1) is 19.3 Å². The average Bonchev–Trinajstić information content (AvgIpc) is 3.09. The zero-order valence-corrected chi connectivity index (χ0v) is 14.1. The number of methoxy groups -OCH3 is 1. The van der Waals surface area contributed by atoms with Crippen molar-refractivity contribution in [1.82, 2.24) is 0 Å². The van der Waals surface area contributed by atoms with Gasteiger partial charge in [-0.15, -0.1) is 0 Å². The van der Waals surface area contributed by atoms with Gasteiger partial charge in [-0.05, 0) is 30.0 Å². The number of fused-ring (bicyclic) bond motifs is 1. The van der Waals surface area contributed by atoms with E-state index in [2.05, 4.69) is 0 Å². The molecule has 0 saturated carbocycles. The molecule has 2 heterocycles. The fourth-order valence-electron chi connectivity index (χ4n) is 3.23. The second-order valence-electron chi connectivity index (χ2n) is 6.24. The molecular weight excluding hydrogens is 306 g/mol. The fourth-order valence-corrected chi connectivity index (χ4v) is 3.23. The van der Waals surface area contributed by atoms with Crippen LogP contribution in [0.2, 0.25) is 0 Å². The highest BCUT2D eigenvalue weighted by Gasteiger charge is 2.35. The highest BCUT2D eigenvalue weighted by molar-refractivity contribution is 6.06. The molecule has 0 fully saturated rings. The van der Waals surface area contributed by atoms with E-state index in [4.69, 9.17) is 9.15 Å². The maximum atomic E-state index is 13.0. The summed E-state index contributed by atoms with van der Waals surface area (Å²) in [6.45, 7) is 4.51. The summed E-state index contributed by atoms with van der Waals surface area (Å²) >= 11 is 0. The van der Waals surface area contributed by atoms with Gasteiger partial charge in [-0.2, -0.15) is 0 Å². The van der Waals surface area contributed by atoms with Crippen molar-refractivity contribution in [2.24, 2.45) is 0 Å². The van der Waals surface area contributed by atoms with Crippen molar-refractivity contribution in [2.75, 3.05) is 18.6 Å². The standard InChI is InChI=1S/C19H21NO4/c1-12(2)13-9-11-24-17(13)18(21)20-10-8-15(19(22)23-3)14-6-4-5-7-16(14)20/h4-7,9,11-12,15H,8,10H2,1-3H3. The number of carbonyl (C=O) groups excluding carboxylic acids is 2. The van der Waals surface area contributed by atoms with E-state index in [1.165, 1.54) is 7.11 Å². The van der Waals surface area contributed by atoms with Gasteiger partial charge < -0.3 is 14.1 Å². The Morgan fingerprint density at radius 2 is 2.00 bits per heavy atom. The van der Waals surface area contributed by atoms with Crippen molar-refractivity contribution < 1.29 is 18.7 Å². The molecule has 1 unspecified atom stereocenters. The van der Waals surface area contributed by atoms with Crippen molar-refractivity contribution in [3.63, 3.8) is 0 Å². The molecule has 1 aliphatic heterocycles. The largest absolute Gasteiger partial charge is 0.469 e. The maximum absolute atomic E-state index is 13.0. The third kappa shape index (κ3) is 2.70. The van der Waals surface area contributed by atoms with Crippen LogP contribution in [0, 0.1) is 0 Å². The Morgan fingerprint density at radius 3 is 2.71 bits per heavy atom. The molecule has 126 valence electrons. The molecule has 3 rings (SSSR count). The zero-order chi connectivity index (χ0) is 17.3. The molecule has 1 atom stereocenters. The molecule has 0 bridgehead atoms. The van der Waals surface area contributed by atoms with Crippen LogP contribution in [-0.4, -0.2) is 25.5 Å². The predicted octanol–water partition coefficient (Wildman–Crippen LogP) is 3.71. The van der Waals surface area contributed by atoms with Crippen LogP contribution in [0.3, 0.4) is 0 Å². The van der Waals surface area contributed by atoms with E-state index >= 15 is 0 Å². The summed E-state index contributed by atoms with van der Waals surface area (Å²) in [6, 6.07) is 9.31. The third-order valence-electron chi connectivity index (χ3n) is 4.49. The van der Waals surface area contributed by atoms with Gasteiger partial charge in [0.1, 0.15) is 0 Å². The van der Waals surface area contributed by atoms with Crippen LogP contribution < -0.4 is 4.90 Å².